The first-order valence-corrected chi connectivity index (χ1v) is 6.40. The Kier molecular flexibility index (Phi) is 6.18. The lowest BCUT2D eigenvalue weighted by Gasteiger charge is -2.09. The number of hydrogen-bond donors (Lipinski definition) is 2. The molecule has 0 aromatic heterocycles. The predicted octanol–water partition coefficient (Wildman–Crippen LogP) is 3.31. The second-order valence-electron chi connectivity index (χ2n) is 3.72. The van der Waals surface area contributed by atoms with E-state index in [0.717, 1.165) is 19.5 Å². The summed E-state index contributed by atoms with van der Waals surface area (Å²) in [7, 11) is 0. The van der Waals surface area contributed by atoms with Gasteiger partial charge >= 0.3 is 0 Å². The van der Waals surface area contributed by atoms with Gasteiger partial charge in [-0.15, -0.1) is 0 Å². The third-order valence-corrected chi connectivity index (χ3v) is 3.00. The molecule has 1 rings (SSSR count). The summed E-state index contributed by atoms with van der Waals surface area (Å²) in [6.45, 7) is 4.30. The van der Waals surface area contributed by atoms with Gasteiger partial charge in [-0.2, -0.15) is 0 Å². The molecule has 7 heteroatoms. The molecule has 0 aliphatic carbocycles. The minimum Gasteiger partial charge on any atom is -0.378 e. The van der Waals surface area contributed by atoms with Gasteiger partial charge in [-0.25, -0.2) is 0 Å². The van der Waals surface area contributed by atoms with E-state index in [1.165, 1.54) is 12.1 Å². The molecule has 0 unspecified atom stereocenters. The smallest absolute Gasteiger partial charge is 0.293 e. The molecule has 0 saturated heterocycles. The van der Waals surface area contributed by atoms with Gasteiger partial charge in [-0.3, -0.25) is 10.1 Å². The maximum Gasteiger partial charge on any atom is 0.293 e. The van der Waals surface area contributed by atoms with Crippen molar-refractivity contribution >= 4 is 34.6 Å². The zero-order valence-corrected chi connectivity index (χ0v) is 11.5. The lowest BCUT2D eigenvalue weighted by molar-refractivity contribution is -0.383. The first-order chi connectivity index (χ1) is 8.56. The van der Waals surface area contributed by atoms with Gasteiger partial charge in [0.05, 0.1) is 15.0 Å². The SMILES string of the molecule is CCCNCCNc1cc(Cl)c(Cl)cc1[N+](=O)[O-]. The Morgan fingerprint density at radius 3 is 2.50 bits per heavy atom. The van der Waals surface area contributed by atoms with Gasteiger partial charge < -0.3 is 10.6 Å². The maximum atomic E-state index is 10.9. The van der Waals surface area contributed by atoms with Crippen LogP contribution in [0, 0.1) is 10.1 Å². The highest BCUT2D eigenvalue weighted by Crippen LogP contribution is 2.33. The molecule has 100 valence electrons. The molecule has 0 heterocycles. The van der Waals surface area contributed by atoms with Crippen molar-refractivity contribution in [3.8, 4) is 0 Å². The molecule has 1 aromatic rings. The fourth-order valence-electron chi connectivity index (χ4n) is 1.42. The van der Waals surface area contributed by atoms with Crippen LogP contribution in [-0.4, -0.2) is 24.6 Å². The molecule has 0 aliphatic heterocycles. The second kappa shape index (κ2) is 7.41. The van der Waals surface area contributed by atoms with E-state index in [1.54, 1.807) is 0 Å². The zero-order valence-electron chi connectivity index (χ0n) is 10.0. The van der Waals surface area contributed by atoms with Crippen molar-refractivity contribution in [2.75, 3.05) is 25.0 Å². The molecule has 0 bridgehead atoms. The molecule has 0 radical (unpaired) electrons. The number of rotatable bonds is 7. The number of anilines is 1. The van der Waals surface area contributed by atoms with Crippen LogP contribution in [0.1, 0.15) is 13.3 Å². The van der Waals surface area contributed by atoms with Crippen molar-refractivity contribution in [1.82, 2.24) is 5.32 Å². The topological polar surface area (TPSA) is 67.2 Å². The number of hydrogen-bond acceptors (Lipinski definition) is 4. The molecule has 0 spiro atoms. The van der Waals surface area contributed by atoms with Crippen molar-refractivity contribution in [1.29, 1.82) is 0 Å². The molecule has 18 heavy (non-hydrogen) atoms. The molecule has 0 saturated carbocycles. The minimum absolute atomic E-state index is 0.0695. The lowest BCUT2D eigenvalue weighted by atomic mass is 10.2. The first-order valence-electron chi connectivity index (χ1n) is 5.64. The second-order valence-corrected chi connectivity index (χ2v) is 4.53. The molecular formula is C11H15Cl2N3O2. The normalized spacial score (nSPS) is 10.4. The zero-order chi connectivity index (χ0) is 13.5. The summed E-state index contributed by atoms with van der Waals surface area (Å²) in [6.07, 6.45) is 1.05. The van der Waals surface area contributed by atoms with Crippen molar-refractivity contribution in [2.45, 2.75) is 13.3 Å². The van der Waals surface area contributed by atoms with Crippen molar-refractivity contribution < 1.29 is 4.92 Å². The standard InChI is InChI=1S/C11H15Cl2N3O2/c1-2-3-14-4-5-15-10-6-8(12)9(13)7-11(10)16(17)18/h6-7,14-15H,2-5H2,1H3. The molecule has 0 fully saturated rings. The summed E-state index contributed by atoms with van der Waals surface area (Å²) < 4.78 is 0. The largest absolute Gasteiger partial charge is 0.378 e. The number of nitro benzene ring substituents is 1. The van der Waals surface area contributed by atoms with Crippen LogP contribution in [0.2, 0.25) is 10.0 Å². The minimum atomic E-state index is -0.482. The fraction of sp³-hybridized carbons (Fsp3) is 0.455. The van der Waals surface area contributed by atoms with E-state index in [4.69, 9.17) is 23.2 Å². The summed E-state index contributed by atoms with van der Waals surface area (Å²) in [5, 5.41) is 17.5. The molecule has 2 N–H and O–H groups in total. The average Bonchev–Trinajstić information content (AvgIpc) is 2.32. The number of halogens is 2. The van der Waals surface area contributed by atoms with Gasteiger partial charge in [0.2, 0.25) is 0 Å². The van der Waals surface area contributed by atoms with E-state index in [0.29, 0.717) is 17.3 Å². The molecule has 0 amide bonds. The van der Waals surface area contributed by atoms with Crippen LogP contribution in [0.5, 0.6) is 0 Å². The molecular weight excluding hydrogens is 277 g/mol. The molecule has 0 aliphatic rings. The van der Waals surface area contributed by atoms with Gasteiger partial charge in [-0.1, -0.05) is 30.1 Å². The number of nitrogens with zero attached hydrogens (tertiary/aromatic N) is 1. The number of nitro groups is 1. The van der Waals surface area contributed by atoms with Crippen LogP contribution in [0.25, 0.3) is 0 Å². The Morgan fingerprint density at radius 1 is 1.22 bits per heavy atom. The van der Waals surface area contributed by atoms with Crippen LogP contribution < -0.4 is 10.6 Å². The highest BCUT2D eigenvalue weighted by molar-refractivity contribution is 6.42. The summed E-state index contributed by atoms with van der Waals surface area (Å²) in [4.78, 5) is 10.4. The molecule has 1 aromatic carbocycles. The van der Waals surface area contributed by atoms with E-state index >= 15 is 0 Å². The summed E-state index contributed by atoms with van der Waals surface area (Å²) >= 11 is 11.6. The van der Waals surface area contributed by atoms with Crippen LogP contribution in [0.4, 0.5) is 11.4 Å². The quantitative estimate of drug-likeness (QED) is 0.459. The van der Waals surface area contributed by atoms with Gasteiger partial charge in [0.1, 0.15) is 5.69 Å². The van der Waals surface area contributed by atoms with Gasteiger partial charge in [-0.05, 0) is 19.0 Å². The van der Waals surface area contributed by atoms with Gasteiger partial charge in [0.25, 0.3) is 5.69 Å². The molecule has 0 atom stereocenters. The molecule has 5 nitrogen and oxygen atoms in total. The van der Waals surface area contributed by atoms with Gasteiger partial charge in [0, 0.05) is 19.2 Å². The fourth-order valence-corrected chi connectivity index (χ4v) is 1.74. The number of benzene rings is 1. The Hall–Kier alpha value is -1.04. The highest BCUT2D eigenvalue weighted by atomic mass is 35.5. The maximum absolute atomic E-state index is 10.9. The predicted molar refractivity (Wildman–Crippen MR) is 74.8 cm³/mol. The van der Waals surface area contributed by atoms with Crippen LogP contribution in [0.15, 0.2) is 12.1 Å². The average molecular weight is 292 g/mol. The van der Waals surface area contributed by atoms with Crippen molar-refractivity contribution in [2.24, 2.45) is 0 Å². The Bertz CT molecular complexity index is 427. The van der Waals surface area contributed by atoms with Crippen LogP contribution >= 0.6 is 23.2 Å². The monoisotopic (exact) mass is 291 g/mol. The van der Waals surface area contributed by atoms with E-state index in [2.05, 4.69) is 17.6 Å². The van der Waals surface area contributed by atoms with E-state index in [1.807, 2.05) is 0 Å². The van der Waals surface area contributed by atoms with Gasteiger partial charge in [0.15, 0.2) is 0 Å². The van der Waals surface area contributed by atoms with Crippen LogP contribution in [-0.2, 0) is 0 Å². The Labute approximate surface area is 116 Å². The third kappa shape index (κ3) is 4.33. The summed E-state index contributed by atoms with van der Waals surface area (Å²) in [6, 6.07) is 2.73. The summed E-state index contributed by atoms with van der Waals surface area (Å²) in [5.41, 5.74) is 0.313. The van der Waals surface area contributed by atoms with E-state index in [-0.39, 0.29) is 10.7 Å². The first kappa shape index (κ1) is 15.0. The third-order valence-electron chi connectivity index (χ3n) is 2.28. The van der Waals surface area contributed by atoms with Crippen LogP contribution in [0.3, 0.4) is 0 Å². The van der Waals surface area contributed by atoms with E-state index < -0.39 is 4.92 Å². The number of nitrogens with one attached hydrogen (secondary N) is 2. The lowest BCUT2D eigenvalue weighted by Crippen LogP contribution is -2.23. The summed E-state index contributed by atoms with van der Waals surface area (Å²) in [5.74, 6) is 0. The Balaban J connectivity index is 2.68. The van der Waals surface area contributed by atoms with Crippen molar-refractivity contribution in [3.63, 3.8) is 0 Å². The Morgan fingerprint density at radius 2 is 1.89 bits per heavy atom. The highest BCUT2D eigenvalue weighted by Gasteiger charge is 2.16. The van der Waals surface area contributed by atoms with E-state index in [9.17, 15) is 10.1 Å². The van der Waals surface area contributed by atoms with Crippen molar-refractivity contribution in [3.05, 3.63) is 32.3 Å².